The van der Waals surface area contributed by atoms with Crippen molar-refractivity contribution in [1.29, 1.82) is 0 Å². The Bertz CT molecular complexity index is 384. The van der Waals surface area contributed by atoms with Crippen molar-refractivity contribution < 1.29 is 9.53 Å². The molecule has 0 aromatic carbocycles. The van der Waals surface area contributed by atoms with E-state index in [1.807, 2.05) is 13.8 Å². The zero-order chi connectivity index (χ0) is 13.5. The van der Waals surface area contributed by atoms with Gasteiger partial charge in [0.05, 0.1) is 17.7 Å². The molecule has 1 rings (SSSR count). The fourth-order valence-electron chi connectivity index (χ4n) is 1.42. The maximum Gasteiger partial charge on any atom is 0.264 e. The van der Waals surface area contributed by atoms with Crippen molar-refractivity contribution in [2.75, 3.05) is 20.3 Å². The Morgan fingerprint density at radius 1 is 1.56 bits per heavy atom. The van der Waals surface area contributed by atoms with Crippen LogP contribution in [0.1, 0.15) is 41.6 Å². The molecule has 0 aliphatic rings. The van der Waals surface area contributed by atoms with E-state index in [2.05, 4.69) is 14.9 Å². The summed E-state index contributed by atoms with van der Waals surface area (Å²) < 4.78 is 8.74. The maximum absolute atomic E-state index is 11.9. The number of hydrogen-bond acceptors (Lipinski definition) is 5. The molecular formula is C11H18ClN3O2S. The van der Waals surface area contributed by atoms with E-state index in [9.17, 15) is 4.79 Å². The lowest BCUT2D eigenvalue weighted by Crippen LogP contribution is -2.27. The number of carbonyl (C=O) groups excluding carboxylic acids is 1. The van der Waals surface area contributed by atoms with Gasteiger partial charge in [-0.2, -0.15) is 0 Å². The third-order valence-corrected chi connectivity index (χ3v) is 3.44. The highest BCUT2D eigenvalue weighted by Crippen LogP contribution is 2.19. The average Bonchev–Trinajstić information content (AvgIpc) is 2.78. The normalized spacial score (nSPS) is 12.7. The summed E-state index contributed by atoms with van der Waals surface area (Å²) in [7, 11) is 1.60. The number of hydrogen-bond donors (Lipinski definition) is 1. The molecule has 5 nitrogen and oxygen atoms in total. The van der Waals surface area contributed by atoms with Gasteiger partial charge in [-0.05, 0) is 23.9 Å². The number of nitrogens with zero attached hydrogens (tertiary/aromatic N) is 2. The quantitative estimate of drug-likeness (QED) is 0.781. The highest BCUT2D eigenvalue weighted by Gasteiger charge is 2.18. The molecule has 0 aliphatic carbocycles. The second-order valence-electron chi connectivity index (χ2n) is 4.24. The minimum absolute atomic E-state index is 0.0838. The molecule has 1 aromatic rings. The summed E-state index contributed by atoms with van der Waals surface area (Å²) in [5.41, 5.74) is 0.747. The van der Waals surface area contributed by atoms with E-state index >= 15 is 0 Å². The van der Waals surface area contributed by atoms with E-state index in [4.69, 9.17) is 16.3 Å². The summed E-state index contributed by atoms with van der Waals surface area (Å²) in [6.45, 7) is 4.98. The van der Waals surface area contributed by atoms with Gasteiger partial charge in [-0.1, -0.05) is 18.3 Å². The van der Waals surface area contributed by atoms with Crippen LogP contribution in [0.5, 0.6) is 0 Å². The Labute approximate surface area is 116 Å². The second-order valence-corrected chi connectivity index (χ2v) is 5.61. The number of amides is 1. The van der Waals surface area contributed by atoms with Crippen LogP contribution in [-0.2, 0) is 4.74 Å². The van der Waals surface area contributed by atoms with Crippen molar-refractivity contribution in [3.8, 4) is 0 Å². The van der Waals surface area contributed by atoms with Crippen LogP contribution in [0.4, 0.5) is 0 Å². The minimum atomic E-state index is -0.130. The van der Waals surface area contributed by atoms with Crippen LogP contribution in [0.25, 0.3) is 0 Å². The van der Waals surface area contributed by atoms with Gasteiger partial charge in [-0.25, -0.2) is 0 Å². The predicted molar refractivity (Wildman–Crippen MR) is 72.5 cm³/mol. The van der Waals surface area contributed by atoms with Gasteiger partial charge in [0.15, 0.2) is 0 Å². The van der Waals surface area contributed by atoms with E-state index in [0.29, 0.717) is 24.4 Å². The van der Waals surface area contributed by atoms with E-state index < -0.39 is 0 Å². The van der Waals surface area contributed by atoms with Crippen molar-refractivity contribution in [2.24, 2.45) is 0 Å². The molecule has 0 bridgehead atoms. The van der Waals surface area contributed by atoms with Crippen LogP contribution < -0.4 is 5.32 Å². The van der Waals surface area contributed by atoms with Crippen molar-refractivity contribution in [3.63, 3.8) is 0 Å². The number of carbonyl (C=O) groups is 1. The van der Waals surface area contributed by atoms with Crippen molar-refractivity contribution in [2.45, 2.75) is 31.6 Å². The van der Waals surface area contributed by atoms with Gasteiger partial charge in [0.2, 0.25) is 0 Å². The summed E-state index contributed by atoms with van der Waals surface area (Å²) in [5, 5.41) is 6.71. The number of halogens is 1. The van der Waals surface area contributed by atoms with Gasteiger partial charge in [0.1, 0.15) is 4.88 Å². The fraction of sp³-hybridized carbons (Fsp3) is 0.727. The smallest absolute Gasteiger partial charge is 0.264 e. The van der Waals surface area contributed by atoms with Gasteiger partial charge >= 0.3 is 0 Å². The number of aromatic nitrogens is 2. The molecule has 1 atom stereocenters. The Kier molecular flexibility index (Phi) is 6.52. The first-order valence-corrected chi connectivity index (χ1v) is 7.00. The molecule has 1 unspecified atom stereocenters. The van der Waals surface area contributed by atoms with Crippen LogP contribution in [-0.4, -0.2) is 41.1 Å². The highest BCUT2D eigenvalue weighted by molar-refractivity contribution is 7.08. The van der Waals surface area contributed by atoms with Gasteiger partial charge in [-0.15, -0.1) is 16.7 Å². The first-order valence-electron chi connectivity index (χ1n) is 5.79. The third kappa shape index (κ3) is 4.51. The van der Waals surface area contributed by atoms with Crippen LogP contribution in [0, 0.1) is 0 Å². The lowest BCUT2D eigenvalue weighted by Gasteiger charge is -2.09. The summed E-state index contributed by atoms with van der Waals surface area (Å²) in [4.78, 5) is 12.5. The predicted octanol–water partition coefficient (Wildman–Crippen LogP) is 2.04. The van der Waals surface area contributed by atoms with Crippen molar-refractivity contribution in [3.05, 3.63) is 10.6 Å². The van der Waals surface area contributed by atoms with Gasteiger partial charge < -0.3 is 10.1 Å². The van der Waals surface area contributed by atoms with Crippen LogP contribution in [0.2, 0.25) is 0 Å². The Balaban J connectivity index is 2.43. The van der Waals surface area contributed by atoms with E-state index in [1.54, 1.807) is 7.11 Å². The first-order chi connectivity index (χ1) is 8.56. The van der Waals surface area contributed by atoms with Gasteiger partial charge in [0, 0.05) is 13.7 Å². The largest absolute Gasteiger partial charge is 0.383 e. The fourth-order valence-corrected chi connectivity index (χ4v) is 2.39. The molecule has 0 fully saturated rings. The number of alkyl halides is 1. The zero-order valence-corrected chi connectivity index (χ0v) is 12.3. The van der Waals surface area contributed by atoms with E-state index in [1.165, 1.54) is 0 Å². The molecule has 0 spiro atoms. The van der Waals surface area contributed by atoms with Crippen molar-refractivity contribution >= 4 is 29.0 Å². The monoisotopic (exact) mass is 291 g/mol. The number of rotatable bonds is 7. The molecule has 7 heteroatoms. The number of nitrogens with one attached hydrogen (secondary N) is 1. The lowest BCUT2D eigenvalue weighted by molar-refractivity contribution is 0.0954. The van der Waals surface area contributed by atoms with E-state index in [0.717, 1.165) is 17.2 Å². The molecule has 1 heterocycles. The summed E-state index contributed by atoms with van der Waals surface area (Å²) in [6, 6.07) is 0. The molecule has 102 valence electrons. The lowest BCUT2D eigenvalue weighted by atomic mass is 10.1. The summed E-state index contributed by atoms with van der Waals surface area (Å²) in [5.74, 6) is 0.0637. The second kappa shape index (κ2) is 7.66. The maximum atomic E-state index is 11.9. The van der Waals surface area contributed by atoms with Gasteiger partial charge in [-0.3, -0.25) is 4.79 Å². The molecule has 0 aliphatic heterocycles. The molecular weight excluding hydrogens is 274 g/mol. The molecule has 1 amide bonds. The van der Waals surface area contributed by atoms with E-state index in [-0.39, 0.29) is 17.2 Å². The zero-order valence-electron chi connectivity index (χ0n) is 10.8. The SMILES string of the molecule is COCC(Cl)CCNC(=O)c1snnc1C(C)C. The van der Waals surface area contributed by atoms with Crippen LogP contribution >= 0.6 is 23.1 Å². The van der Waals surface area contributed by atoms with Crippen LogP contribution in [0.3, 0.4) is 0 Å². The number of ether oxygens (including phenoxy) is 1. The summed E-state index contributed by atoms with van der Waals surface area (Å²) >= 11 is 7.10. The average molecular weight is 292 g/mol. The van der Waals surface area contributed by atoms with Crippen molar-refractivity contribution in [1.82, 2.24) is 14.9 Å². The molecule has 1 N–H and O–H groups in total. The minimum Gasteiger partial charge on any atom is -0.383 e. The highest BCUT2D eigenvalue weighted by atomic mass is 35.5. The Morgan fingerprint density at radius 2 is 2.28 bits per heavy atom. The third-order valence-electron chi connectivity index (χ3n) is 2.36. The molecule has 0 saturated heterocycles. The molecule has 0 radical (unpaired) electrons. The van der Waals surface area contributed by atoms with Crippen LogP contribution in [0.15, 0.2) is 0 Å². The Hall–Kier alpha value is -0.720. The summed E-state index contributed by atoms with van der Waals surface area (Å²) in [6.07, 6.45) is 0.671. The molecule has 1 aromatic heterocycles. The Morgan fingerprint density at radius 3 is 2.89 bits per heavy atom. The molecule has 18 heavy (non-hydrogen) atoms. The molecule has 0 saturated carbocycles. The first kappa shape index (κ1) is 15.3. The number of methoxy groups -OCH3 is 1. The van der Waals surface area contributed by atoms with Gasteiger partial charge in [0.25, 0.3) is 5.91 Å². The topological polar surface area (TPSA) is 64.1 Å². The standard InChI is InChI=1S/C11H18ClN3O2S/c1-7(2)9-10(18-15-14-9)11(16)13-5-4-8(12)6-17-3/h7-8H,4-6H2,1-3H3,(H,13,16).